The van der Waals surface area contributed by atoms with Crippen molar-refractivity contribution in [3.8, 4) is 0 Å². The minimum absolute atomic E-state index is 0.249. The molecule has 6 nitrogen and oxygen atoms in total. The maximum Gasteiger partial charge on any atom is 0.115 e. The van der Waals surface area contributed by atoms with Crippen LogP contribution in [-0.2, 0) is 13.1 Å². The van der Waals surface area contributed by atoms with Gasteiger partial charge in [-0.25, -0.2) is 19.3 Å². The molecule has 0 aromatic carbocycles. The standard InChI is InChI=1S/C17H25FN6/c1-22(4-2-5-23-6-3-19-14-23)12-17-7-16(18)11-24(17)10-15-8-20-13-21-9-15/h3,6,8-9,13-14,16-17H,2,4-5,7,10-12H2,1H3/t16-,17-/m0/s1. The van der Waals surface area contributed by atoms with Crippen LogP contribution in [-0.4, -0.2) is 68.2 Å². The molecule has 2 aromatic heterocycles. The Kier molecular flexibility index (Phi) is 5.87. The molecule has 0 bridgehead atoms. The number of imidazole rings is 1. The zero-order valence-corrected chi connectivity index (χ0v) is 14.1. The molecule has 7 heteroatoms. The summed E-state index contributed by atoms with van der Waals surface area (Å²) in [5.41, 5.74) is 1.04. The number of rotatable bonds is 8. The molecule has 130 valence electrons. The predicted molar refractivity (Wildman–Crippen MR) is 90.1 cm³/mol. The largest absolute Gasteiger partial charge is 0.337 e. The van der Waals surface area contributed by atoms with Gasteiger partial charge in [0, 0.05) is 62.6 Å². The number of hydrogen-bond donors (Lipinski definition) is 0. The second-order valence-electron chi connectivity index (χ2n) is 6.58. The third-order valence-electron chi connectivity index (χ3n) is 4.51. The van der Waals surface area contributed by atoms with Gasteiger partial charge in [-0.15, -0.1) is 0 Å². The molecule has 0 saturated carbocycles. The summed E-state index contributed by atoms with van der Waals surface area (Å²) in [5, 5.41) is 0. The summed E-state index contributed by atoms with van der Waals surface area (Å²) >= 11 is 0. The van der Waals surface area contributed by atoms with Crippen LogP contribution < -0.4 is 0 Å². The summed E-state index contributed by atoms with van der Waals surface area (Å²) in [5.74, 6) is 0. The summed E-state index contributed by atoms with van der Waals surface area (Å²) < 4.78 is 16.0. The highest BCUT2D eigenvalue weighted by atomic mass is 19.1. The van der Waals surface area contributed by atoms with Gasteiger partial charge < -0.3 is 9.47 Å². The molecule has 1 saturated heterocycles. The number of aryl methyl sites for hydroxylation is 1. The molecule has 0 unspecified atom stereocenters. The van der Waals surface area contributed by atoms with Crippen LogP contribution in [0.25, 0.3) is 0 Å². The van der Waals surface area contributed by atoms with Crippen molar-refractivity contribution in [2.24, 2.45) is 0 Å². The second-order valence-corrected chi connectivity index (χ2v) is 6.58. The number of alkyl halides is 1. The minimum atomic E-state index is -0.737. The van der Waals surface area contributed by atoms with E-state index in [0.717, 1.165) is 38.2 Å². The van der Waals surface area contributed by atoms with Crippen molar-refractivity contribution < 1.29 is 4.39 Å². The van der Waals surface area contributed by atoms with Crippen LogP contribution in [0, 0.1) is 0 Å². The van der Waals surface area contributed by atoms with Crippen LogP contribution in [0.3, 0.4) is 0 Å². The van der Waals surface area contributed by atoms with E-state index in [1.54, 1.807) is 6.20 Å². The van der Waals surface area contributed by atoms with Gasteiger partial charge in [0.2, 0.25) is 0 Å². The summed E-state index contributed by atoms with van der Waals surface area (Å²) in [6, 6.07) is 0.249. The SMILES string of the molecule is CN(CCCn1ccnc1)C[C@@H]1C[C@H](F)CN1Cc1cncnc1. The molecule has 3 rings (SSSR count). The quantitative estimate of drug-likeness (QED) is 0.735. The third kappa shape index (κ3) is 4.82. The highest BCUT2D eigenvalue weighted by molar-refractivity contribution is 5.04. The first-order chi connectivity index (χ1) is 11.7. The van der Waals surface area contributed by atoms with Crippen LogP contribution in [0.4, 0.5) is 4.39 Å². The van der Waals surface area contributed by atoms with Crippen molar-refractivity contribution in [1.29, 1.82) is 0 Å². The summed E-state index contributed by atoms with van der Waals surface area (Å²) in [7, 11) is 2.11. The van der Waals surface area contributed by atoms with Crippen LogP contribution in [0.2, 0.25) is 0 Å². The molecule has 1 aliphatic rings. The van der Waals surface area contributed by atoms with E-state index < -0.39 is 6.17 Å². The van der Waals surface area contributed by atoms with Gasteiger partial charge in [0.25, 0.3) is 0 Å². The van der Waals surface area contributed by atoms with Crippen molar-refractivity contribution in [1.82, 2.24) is 29.3 Å². The first-order valence-electron chi connectivity index (χ1n) is 8.47. The first kappa shape index (κ1) is 17.0. The Labute approximate surface area is 142 Å². The molecule has 2 aromatic rings. The fourth-order valence-corrected chi connectivity index (χ4v) is 3.35. The Morgan fingerprint density at radius 3 is 2.88 bits per heavy atom. The van der Waals surface area contributed by atoms with Crippen molar-refractivity contribution in [3.05, 3.63) is 43.0 Å². The average molecular weight is 332 g/mol. The number of aromatic nitrogens is 4. The zero-order chi connectivity index (χ0) is 16.8. The normalized spacial score (nSPS) is 21.6. The number of nitrogens with zero attached hydrogens (tertiary/aromatic N) is 6. The molecule has 3 heterocycles. The molecule has 2 atom stereocenters. The Balaban J connectivity index is 1.46. The monoisotopic (exact) mass is 332 g/mol. The Morgan fingerprint density at radius 2 is 2.12 bits per heavy atom. The zero-order valence-electron chi connectivity index (χ0n) is 14.1. The molecule has 0 aliphatic carbocycles. The molecule has 1 aliphatic heterocycles. The first-order valence-corrected chi connectivity index (χ1v) is 8.47. The van der Waals surface area contributed by atoms with Crippen LogP contribution in [0.15, 0.2) is 37.4 Å². The maximum absolute atomic E-state index is 13.9. The topological polar surface area (TPSA) is 50.1 Å². The molecular formula is C17H25FN6. The molecule has 1 fully saturated rings. The predicted octanol–water partition coefficient (Wildman–Crippen LogP) is 1.61. The molecule has 0 spiro atoms. The maximum atomic E-state index is 13.9. The van der Waals surface area contributed by atoms with Gasteiger partial charge in [-0.1, -0.05) is 0 Å². The number of halogens is 1. The van der Waals surface area contributed by atoms with Gasteiger partial charge in [-0.05, 0) is 26.4 Å². The van der Waals surface area contributed by atoms with E-state index in [-0.39, 0.29) is 6.04 Å². The molecule has 24 heavy (non-hydrogen) atoms. The van der Waals surface area contributed by atoms with Crippen LogP contribution >= 0.6 is 0 Å². The Hall–Kier alpha value is -1.86. The van der Waals surface area contributed by atoms with Crippen LogP contribution in [0.1, 0.15) is 18.4 Å². The molecule has 0 radical (unpaired) electrons. The number of hydrogen-bond acceptors (Lipinski definition) is 5. The number of likely N-dealkylation sites (N-methyl/N-ethyl adjacent to an activating group) is 1. The van der Waals surface area contributed by atoms with E-state index in [2.05, 4.69) is 36.4 Å². The van der Waals surface area contributed by atoms with E-state index in [1.165, 1.54) is 6.33 Å². The summed E-state index contributed by atoms with van der Waals surface area (Å²) in [6.07, 6.45) is 11.7. The lowest BCUT2D eigenvalue weighted by Gasteiger charge is -2.28. The van der Waals surface area contributed by atoms with E-state index in [1.807, 2.05) is 24.9 Å². The van der Waals surface area contributed by atoms with E-state index in [0.29, 0.717) is 13.0 Å². The highest BCUT2D eigenvalue weighted by Gasteiger charge is 2.32. The number of likely N-dealkylation sites (tertiary alicyclic amines) is 1. The Morgan fingerprint density at radius 1 is 1.29 bits per heavy atom. The lowest BCUT2D eigenvalue weighted by molar-refractivity contribution is 0.182. The van der Waals surface area contributed by atoms with E-state index in [9.17, 15) is 4.39 Å². The third-order valence-corrected chi connectivity index (χ3v) is 4.51. The van der Waals surface area contributed by atoms with Crippen molar-refractivity contribution in [3.63, 3.8) is 0 Å². The van der Waals surface area contributed by atoms with Gasteiger partial charge in [-0.2, -0.15) is 0 Å². The van der Waals surface area contributed by atoms with Crippen molar-refractivity contribution >= 4 is 0 Å². The second kappa shape index (κ2) is 8.30. The highest BCUT2D eigenvalue weighted by Crippen LogP contribution is 2.23. The average Bonchev–Trinajstić information content (AvgIpc) is 3.19. The van der Waals surface area contributed by atoms with Gasteiger partial charge in [0.1, 0.15) is 12.5 Å². The van der Waals surface area contributed by atoms with Gasteiger partial charge in [0.05, 0.1) is 6.33 Å². The minimum Gasteiger partial charge on any atom is -0.337 e. The van der Waals surface area contributed by atoms with Crippen LogP contribution in [0.5, 0.6) is 0 Å². The van der Waals surface area contributed by atoms with Crippen molar-refractivity contribution in [2.45, 2.75) is 38.1 Å². The van der Waals surface area contributed by atoms with Gasteiger partial charge >= 0.3 is 0 Å². The Bertz CT molecular complexity index is 590. The van der Waals surface area contributed by atoms with E-state index in [4.69, 9.17) is 0 Å². The lowest BCUT2D eigenvalue weighted by atomic mass is 10.2. The molecular weight excluding hydrogens is 307 g/mol. The van der Waals surface area contributed by atoms with Crippen molar-refractivity contribution in [2.75, 3.05) is 26.7 Å². The molecule has 0 N–H and O–H groups in total. The van der Waals surface area contributed by atoms with Gasteiger partial charge in [0.15, 0.2) is 0 Å². The summed E-state index contributed by atoms with van der Waals surface area (Å²) in [4.78, 5) is 16.7. The van der Waals surface area contributed by atoms with E-state index >= 15 is 0 Å². The smallest absolute Gasteiger partial charge is 0.115 e. The molecule has 0 amide bonds. The fraction of sp³-hybridized carbons (Fsp3) is 0.588. The lowest BCUT2D eigenvalue weighted by Crippen LogP contribution is -2.39. The fourth-order valence-electron chi connectivity index (χ4n) is 3.35. The summed E-state index contributed by atoms with van der Waals surface area (Å²) in [6.45, 7) is 4.06. The van der Waals surface area contributed by atoms with Gasteiger partial charge in [-0.3, -0.25) is 4.90 Å².